The molecule has 5 heteroatoms. The van der Waals surface area contributed by atoms with Crippen LogP contribution in [0.4, 0.5) is 0 Å². The van der Waals surface area contributed by atoms with Gasteiger partial charge >= 0.3 is 0 Å². The molecule has 0 aliphatic rings. The number of aryl methyl sites for hydroxylation is 1. The number of thiazole rings is 1. The third kappa shape index (κ3) is 1.14. The maximum Gasteiger partial charge on any atom is 0.211 e. The van der Waals surface area contributed by atoms with Crippen LogP contribution in [0, 0.1) is 6.92 Å². The van der Waals surface area contributed by atoms with E-state index in [1.807, 2.05) is 12.3 Å². The Bertz CT molecular complexity index is 337. The largest absolute Gasteiger partial charge is 0.227 e. The molecular formula is C6H6N4S. The zero-order valence-electron chi connectivity index (χ0n) is 5.93. The molecule has 0 bridgehead atoms. The van der Waals surface area contributed by atoms with Crippen molar-refractivity contribution >= 4 is 11.3 Å². The molecule has 0 amide bonds. The number of hydrogen-bond acceptors (Lipinski definition) is 4. The maximum absolute atomic E-state index is 4.11. The van der Waals surface area contributed by atoms with E-state index in [2.05, 4.69) is 15.1 Å². The predicted octanol–water partition coefficient (Wildman–Crippen LogP) is 1.03. The van der Waals surface area contributed by atoms with Crippen LogP contribution in [0.2, 0.25) is 0 Å². The van der Waals surface area contributed by atoms with Crippen LogP contribution in [0.15, 0.2) is 17.9 Å². The smallest absolute Gasteiger partial charge is 0.211 e. The Morgan fingerprint density at radius 2 is 2.36 bits per heavy atom. The summed E-state index contributed by atoms with van der Waals surface area (Å²) < 4.78 is 1.67. The lowest BCUT2D eigenvalue weighted by Gasteiger charge is -1.88. The quantitative estimate of drug-likeness (QED) is 0.635. The minimum atomic E-state index is 0.764. The molecule has 4 nitrogen and oxygen atoms in total. The first kappa shape index (κ1) is 6.48. The average Bonchev–Trinajstić information content (AvgIpc) is 2.55. The Morgan fingerprint density at radius 1 is 1.45 bits per heavy atom. The van der Waals surface area contributed by atoms with E-state index in [1.165, 1.54) is 11.3 Å². The van der Waals surface area contributed by atoms with Gasteiger partial charge in [-0.1, -0.05) is 0 Å². The molecule has 0 unspecified atom stereocenters. The molecule has 0 spiro atoms. The number of rotatable bonds is 1. The van der Waals surface area contributed by atoms with Crippen molar-refractivity contribution in [2.24, 2.45) is 0 Å². The van der Waals surface area contributed by atoms with Gasteiger partial charge in [-0.05, 0) is 6.92 Å². The first-order chi connectivity index (χ1) is 5.36. The van der Waals surface area contributed by atoms with Crippen LogP contribution in [-0.4, -0.2) is 19.7 Å². The highest BCUT2D eigenvalue weighted by atomic mass is 32.1. The molecule has 0 fully saturated rings. The van der Waals surface area contributed by atoms with Gasteiger partial charge in [-0.2, -0.15) is 4.68 Å². The Balaban J connectivity index is 2.45. The number of aromatic nitrogens is 4. The minimum absolute atomic E-state index is 0.764. The monoisotopic (exact) mass is 166 g/mol. The standard InChI is InChI=1S/C6H6N4S/c1-5-8-4-10(9-5)6-7-2-3-11-6/h2-4H,1H3. The van der Waals surface area contributed by atoms with Gasteiger partial charge in [0.1, 0.15) is 12.2 Å². The molecule has 0 saturated carbocycles. The fourth-order valence-corrected chi connectivity index (χ4v) is 1.33. The molecule has 0 radical (unpaired) electrons. The summed E-state index contributed by atoms with van der Waals surface area (Å²) >= 11 is 1.54. The Labute approximate surface area is 67.5 Å². The molecule has 2 rings (SSSR count). The van der Waals surface area contributed by atoms with Crippen molar-refractivity contribution in [3.8, 4) is 5.13 Å². The van der Waals surface area contributed by atoms with Gasteiger partial charge in [0.05, 0.1) is 0 Å². The van der Waals surface area contributed by atoms with E-state index in [0.717, 1.165) is 11.0 Å². The van der Waals surface area contributed by atoms with Crippen molar-refractivity contribution in [3.63, 3.8) is 0 Å². The van der Waals surface area contributed by atoms with Crippen LogP contribution in [0.1, 0.15) is 5.82 Å². The van der Waals surface area contributed by atoms with Crippen LogP contribution in [0.5, 0.6) is 0 Å². The zero-order valence-corrected chi connectivity index (χ0v) is 6.75. The van der Waals surface area contributed by atoms with E-state index < -0.39 is 0 Å². The van der Waals surface area contributed by atoms with Gasteiger partial charge in [-0.3, -0.25) is 0 Å². The molecule has 11 heavy (non-hydrogen) atoms. The van der Waals surface area contributed by atoms with E-state index in [1.54, 1.807) is 17.2 Å². The molecule has 0 N–H and O–H groups in total. The highest BCUT2D eigenvalue weighted by molar-refractivity contribution is 7.12. The normalized spacial score (nSPS) is 10.3. The van der Waals surface area contributed by atoms with E-state index in [4.69, 9.17) is 0 Å². The van der Waals surface area contributed by atoms with Gasteiger partial charge in [0.15, 0.2) is 0 Å². The topological polar surface area (TPSA) is 43.6 Å². The summed E-state index contributed by atoms with van der Waals surface area (Å²) in [5.41, 5.74) is 0. The zero-order chi connectivity index (χ0) is 7.68. The highest BCUT2D eigenvalue weighted by Gasteiger charge is 1.99. The van der Waals surface area contributed by atoms with Crippen LogP contribution in [0.25, 0.3) is 5.13 Å². The summed E-state index contributed by atoms with van der Waals surface area (Å²) in [4.78, 5) is 8.07. The Morgan fingerprint density at radius 3 is 2.91 bits per heavy atom. The Hall–Kier alpha value is -1.23. The molecule has 56 valence electrons. The van der Waals surface area contributed by atoms with Crippen molar-refractivity contribution in [2.75, 3.05) is 0 Å². The predicted molar refractivity (Wildman–Crippen MR) is 41.8 cm³/mol. The molecule has 2 heterocycles. The van der Waals surface area contributed by atoms with Gasteiger partial charge < -0.3 is 0 Å². The minimum Gasteiger partial charge on any atom is -0.227 e. The maximum atomic E-state index is 4.11. The summed E-state index contributed by atoms with van der Waals surface area (Å²) in [5, 5.41) is 6.87. The van der Waals surface area contributed by atoms with Crippen LogP contribution >= 0.6 is 11.3 Å². The number of hydrogen-bond donors (Lipinski definition) is 0. The first-order valence-electron chi connectivity index (χ1n) is 3.14. The number of nitrogens with zero attached hydrogens (tertiary/aromatic N) is 4. The molecule has 0 atom stereocenters. The van der Waals surface area contributed by atoms with Gasteiger partial charge in [-0.15, -0.1) is 16.4 Å². The molecule has 0 aliphatic heterocycles. The second-order valence-electron chi connectivity index (χ2n) is 2.05. The van der Waals surface area contributed by atoms with Crippen LogP contribution in [0.3, 0.4) is 0 Å². The van der Waals surface area contributed by atoms with Crippen molar-refractivity contribution in [1.82, 2.24) is 19.7 Å². The first-order valence-corrected chi connectivity index (χ1v) is 4.02. The van der Waals surface area contributed by atoms with Gasteiger partial charge in [0.2, 0.25) is 5.13 Å². The SMILES string of the molecule is Cc1ncn(-c2nccs2)n1. The summed E-state index contributed by atoms with van der Waals surface area (Å²) in [7, 11) is 0. The van der Waals surface area contributed by atoms with E-state index in [-0.39, 0.29) is 0 Å². The summed E-state index contributed by atoms with van der Waals surface area (Å²) in [6.45, 7) is 1.85. The van der Waals surface area contributed by atoms with E-state index >= 15 is 0 Å². The molecule has 0 aliphatic carbocycles. The van der Waals surface area contributed by atoms with Crippen LogP contribution in [-0.2, 0) is 0 Å². The second-order valence-corrected chi connectivity index (χ2v) is 2.92. The van der Waals surface area contributed by atoms with Crippen molar-refractivity contribution in [2.45, 2.75) is 6.92 Å². The molecule has 2 aromatic rings. The second kappa shape index (κ2) is 2.43. The lowest BCUT2D eigenvalue weighted by molar-refractivity contribution is 0.853. The molecular weight excluding hydrogens is 160 g/mol. The lowest BCUT2D eigenvalue weighted by atomic mass is 10.8. The van der Waals surface area contributed by atoms with Crippen molar-refractivity contribution in [1.29, 1.82) is 0 Å². The van der Waals surface area contributed by atoms with Crippen molar-refractivity contribution in [3.05, 3.63) is 23.7 Å². The van der Waals surface area contributed by atoms with E-state index in [9.17, 15) is 0 Å². The molecule has 0 aromatic carbocycles. The summed E-state index contributed by atoms with van der Waals surface area (Å²) in [6.07, 6.45) is 3.41. The Kier molecular flexibility index (Phi) is 1.43. The van der Waals surface area contributed by atoms with E-state index in [0.29, 0.717) is 0 Å². The third-order valence-electron chi connectivity index (χ3n) is 1.22. The van der Waals surface area contributed by atoms with Crippen LogP contribution < -0.4 is 0 Å². The van der Waals surface area contributed by atoms with Crippen molar-refractivity contribution < 1.29 is 0 Å². The van der Waals surface area contributed by atoms with Gasteiger partial charge in [0, 0.05) is 11.6 Å². The average molecular weight is 166 g/mol. The third-order valence-corrected chi connectivity index (χ3v) is 1.98. The summed E-state index contributed by atoms with van der Waals surface area (Å²) in [5.74, 6) is 0.764. The fourth-order valence-electron chi connectivity index (χ4n) is 0.767. The van der Waals surface area contributed by atoms with Gasteiger partial charge in [-0.25, -0.2) is 9.97 Å². The molecule has 0 saturated heterocycles. The fraction of sp³-hybridized carbons (Fsp3) is 0.167. The molecule has 2 aromatic heterocycles. The van der Waals surface area contributed by atoms with Gasteiger partial charge in [0.25, 0.3) is 0 Å². The lowest BCUT2D eigenvalue weighted by Crippen LogP contribution is -1.92. The highest BCUT2D eigenvalue weighted by Crippen LogP contribution is 2.08. The summed E-state index contributed by atoms with van der Waals surface area (Å²) in [6, 6.07) is 0.